The van der Waals surface area contributed by atoms with Crippen LogP contribution in [0.25, 0.3) is 0 Å². The van der Waals surface area contributed by atoms with Crippen LogP contribution < -0.4 is 10.6 Å². The zero-order valence-electron chi connectivity index (χ0n) is 18.1. The van der Waals surface area contributed by atoms with E-state index < -0.39 is 24.3 Å². The second-order valence-electron chi connectivity index (χ2n) is 6.10. The van der Waals surface area contributed by atoms with E-state index in [0.29, 0.717) is 5.56 Å². The Bertz CT molecular complexity index is 1120. The van der Waals surface area contributed by atoms with Crippen LogP contribution in [0.3, 0.4) is 0 Å². The number of benzene rings is 2. The van der Waals surface area contributed by atoms with Gasteiger partial charge >= 0.3 is 5.97 Å². The van der Waals surface area contributed by atoms with E-state index in [2.05, 4.69) is 25.3 Å². The van der Waals surface area contributed by atoms with Gasteiger partial charge in [0.1, 0.15) is 17.7 Å². The number of carbonyl (C=O) groups excluding carboxylic acids is 3. The van der Waals surface area contributed by atoms with Crippen molar-refractivity contribution in [2.45, 2.75) is 13.0 Å². The number of hydrogen-bond acceptors (Lipinski definition) is 6. The predicted octanol–water partition coefficient (Wildman–Crippen LogP) is 2.12. The molecule has 0 spiro atoms. The van der Waals surface area contributed by atoms with E-state index >= 15 is 0 Å². The number of aromatic nitrogens is 2. The first-order valence-electron chi connectivity index (χ1n) is 9.95. The van der Waals surface area contributed by atoms with Gasteiger partial charge in [-0.15, -0.1) is 0 Å². The first-order chi connectivity index (χ1) is 15.3. The van der Waals surface area contributed by atoms with Gasteiger partial charge in [0.2, 0.25) is 0 Å². The van der Waals surface area contributed by atoms with Crippen molar-refractivity contribution >= 4 is 17.8 Å². The number of methoxy groups -OCH3 is 1. The van der Waals surface area contributed by atoms with E-state index in [4.69, 9.17) is 2.74 Å². The molecule has 0 saturated carbocycles. The lowest BCUT2D eigenvalue weighted by Gasteiger charge is -2.07. The number of ether oxygens (including phenoxy) is 1. The summed E-state index contributed by atoms with van der Waals surface area (Å²) in [5.74, 6) is -1.78. The van der Waals surface area contributed by atoms with Gasteiger partial charge in [-0.3, -0.25) is 9.59 Å². The number of amides is 2. The lowest BCUT2D eigenvalue weighted by molar-refractivity contribution is 0.0600. The minimum Gasteiger partial charge on any atom is -0.465 e. The molecule has 2 N–H and O–H groups in total. The lowest BCUT2D eigenvalue weighted by atomic mass is 10.1. The highest BCUT2D eigenvalue weighted by Crippen LogP contribution is 2.06. The van der Waals surface area contributed by atoms with E-state index in [1.807, 2.05) is 0 Å². The Balaban J connectivity index is 1.64. The van der Waals surface area contributed by atoms with Gasteiger partial charge in [0.25, 0.3) is 11.8 Å². The van der Waals surface area contributed by atoms with Crippen LogP contribution in [0.4, 0.5) is 0 Å². The van der Waals surface area contributed by atoms with Gasteiger partial charge in [-0.2, -0.15) is 0 Å². The molecule has 152 valence electrons. The molecule has 0 bridgehead atoms. The fourth-order valence-corrected chi connectivity index (χ4v) is 2.47. The number of carbonyl (C=O) groups is 3. The molecule has 2 amide bonds. The van der Waals surface area contributed by atoms with Crippen LogP contribution in [0.5, 0.6) is 0 Å². The van der Waals surface area contributed by atoms with Crippen molar-refractivity contribution < 1.29 is 21.9 Å². The van der Waals surface area contributed by atoms with Gasteiger partial charge in [-0.25, -0.2) is 14.8 Å². The van der Waals surface area contributed by atoms with Crippen LogP contribution in [0.1, 0.15) is 45.2 Å². The summed E-state index contributed by atoms with van der Waals surface area (Å²) in [5, 5.41) is 4.93. The smallest absolute Gasteiger partial charge is 0.337 e. The van der Waals surface area contributed by atoms with Gasteiger partial charge in [-0.05, 0) is 23.3 Å². The van der Waals surface area contributed by atoms with Gasteiger partial charge in [0.05, 0.1) is 15.4 Å². The normalized spacial score (nSPS) is 11.6. The van der Waals surface area contributed by atoms with Crippen LogP contribution in [-0.2, 0) is 17.8 Å². The maximum absolute atomic E-state index is 12.5. The predicted molar refractivity (Wildman–Crippen MR) is 109 cm³/mol. The third-order valence-electron chi connectivity index (χ3n) is 4.05. The fourth-order valence-electron chi connectivity index (χ4n) is 2.47. The molecule has 2 aromatic carbocycles. The first kappa shape index (κ1) is 18.0. The summed E-state index contributed by atoms with van der Waals surface area (Å²) < 4.78 is 20.8. The Morgan fingerprint density at radius 1 is 0.900 bits per heavy atom. The van der Waals surface area contributed by atoms with Crippen molar-refractivity contribution in [3.8, 4) is 0 Å². The molecule has 0 aliphatic heterocycles. The van der Waals surface area contributed by atoms with Crippen molar-refractivity contribution in [2.75, 3.05) is 7.11 Å². The minimum atomic E-state index is -2.12. The van der Waals surface area contributed by atoms with E-state index in [9.17, 15) is 14.4 Å². The second kappa shape index (κ2) is 9.92. The van der Waals surface area contributed by atoms with E-state index in [0.717, 1.165) is 11.9 Å². The Labute approximate surface area is 176 Å². The van der Waals surface area contributed by atoms with Crippen LogP contribution in [-0.4, -0.2) is 34.9 Å². The zero-order chi connectivity index (χ0) is 23.1. The van der Waals surface area contributed by atoms with Crippen molar-refractivity contribution in [1.29, 1.82) is 0 Å². The third-order valence-corrected chi connectivity index (χ3v) is 4.05. The molecule has 1 heterocycles. The molecule has 0 saturated heterocycles. The zero-order valence-corrected chi connectivity index (χ0v) is 16.1. The summed E-state index contributed by atoms with van der Waals surface area (Å²) in [6, 6.07) is 15.9. The number of esters is 1. The highest BCUT2D eigenvalue weighted by atomic mass is 16.5. The summed E-state index contributed by atoms with van der Waals surface area (Å²) in [6.07, 6.45) is 1.06. The molecule has 8 nitrogen and oxygen atoms in total. The summed E-state index contributed by atoms with van der Waals surface area (Å²) in [4.78, 5) is 44.1. The fraction of sp³-hybridized carbons (Fsp3) is 0.136. The molecule has 3 aromatic rings. The molecule has 0 atom stereocenters. The van der Waals surface area contributed by atoms with Crippen LogP contribution >= 0.6 is 0 Å². The van der Waals surface area contributed by atoms with Crippen LogP contribution in [0.15, 0.2) is 67.0 Å². The first-order valence-corrected chi connectivity index (χ1v) is 8.95. The molecular weight excluding hydrogens is 384 g/mol. The standard InChI is InChI=1S/C22H20N4O4/c1-30-22(29)17-9-7-16(8-10-17)13-24-21(28)19-11-18(25-14-26-19)20(27)23-12-15-5-3-2-4-6-15/h2-11,14H,12-13H2,1H3,(H,23,27)(H,24,28)/i12D2. The van der Waals surface area contributed by atoms with E-state index in [-0.39, 0.29) is 23.5 Å². The topological polar surface area (TPSA) is 110 Å². The molecule has 0 aliphatic carbocycles. The summed E-state index contributed by atoms with van der Waals surface area (Å²) in [6.45, 7) is -1.95. The summed E-state index contributed by atoms with van der Waals surface area (Å²) in [7, 11) is 1.29. The van der Waals surface area contributed by atoms with Gasteiger partial charge in [-0.1, -0.05) is 42.5 Å². The average molecular weight is 406 g/mol. The number of rotatable bonds is 7. The highest BCUT2D eigenvalue weighted by Gasteiger charge is 2.13. The number of nitrogens with zero attached hydrogens (tertiary/aromatic N) is 2. The highest BCUT2D eigenvalue weighted by molar-refractivity contribution is 5.97. The molecular formula is C22H20N4O4. The molecule has 0 fully saturated rings. The Hall–Kier alpha value is -4.07. The summed E-state index contributed by atoms with van der Waals surface area (Å²) >= 11 is 0. The van der Waals surface area contributed by atoms with Crippen molar-refractivity contribution in [1.82, 2.24) is 20.6 Å². The number of nitrogens with one attached hydrogen (secondary N) is 2. The quantitative estimate of drug-likeness (QED) is 0.582. The average Bonchev–Trinajstić information content (AvgIpc) is 2.82. The van der Waals surface area contributed by atoms with E-state index in [1.165, 1.54) is 13.2 Å². The second-order valence-corrected chi connectivity index (χ2v) is 6.10. The van der Waals surface area contributed by atoms with Crippen molar-refractivity contribution in [2.24, 2.45) is 0 Å². The van der Waals surface area contributed by atoms with Crippen molar-refractivity contribution in [3.63, 3.8) is 0 Å². The Morgan fingerprint density at radius 2 is 1.53 bits per heavy atom. The number of hydrogen-bond donors (Lipinski definition) is 2. The Kier molecular flexibility index (Phi) is 5.95. The minimum absolute atomic E-state index is 0.0448. The molecule has 3 rings (SSSR count). The maximum Gasteiger partial charge on any atom is 0.337 e. The molecule has 1 aromatic heterocycles. The molecule has 8 heteroatoms. The van der Waals surface area contributed by atoms with Crippen LogP contribution in [0, 0.1) is 0 Å². The van der Waals surface area contributed by atoms with E-state index in [1.54, 1.807) is 54.6 Å². The van der Waals surface area contributed by atoms with Crippen molar-refractivity contribution in [3.05, 3.63) is 95.1 Å². The third kappa shape index (κ3) is 5.48. The van der Waals surface area contributed by atoms with Gasteiger partial charge in [0, 0.05) is 19.1 Å². The molecule has 0 unspecified atom stereocenters. The van der Waals surface area contributed by atoms with Gasteiger partial charge < -0.3 is 15.4 Å². The largest absolute Gasteiger partial charge is 0.465 e. The van der Waals surface area contributed by atoms with Gasteiger partial charge in [0.15, 0.2) is 0 Å². The summed E-state index contributed by atoms with van der Waals surface area (Å²) in [5.41, 5.74) is 1.22. The lowest BCUT2D eigenvalue weighted by Crippen LogP contribution is -2.27. The Morgan fingerprint density at radius 3 is 2.17 bits per heavy atom. The maximum atomic E-state index is 12.5. The molecule has 0 radical (unpaired) electrons. The molecule has 0 aliphatic rings. The monoisotopic (exact) mass is 406 g/mol. The van der Waals surface area contributed by atoms with Crippen LogP contribution in [0.2, 0.25) is 0 Å². The SMILES string of the molecule is [2H]C([2H])(NC(=O)c1cc(C(=O)NCc2ccc(C(=O)OC)cc2)ncn1)c1ccccc1. The molecule has 30 heavy (non-hydrogen) atoms.